The maximum absolute atomic E-state index is 5.78. The van der Waals surface area contributed by atoms with E-state index in [-0.39, 0.29) is 11.6 Å². The lowest BCUT2D eigenvalue weighted by Crippen LogP contribution is -2.35. The average molecular weight is 280 g/mol. The van der Waals surface area contributed by atoms with Crippen LogP contribution in [0.15, 0.2) is 12.1 Å². The maximum atomic E-state index is 5.78. The predicted octanol–water partition coefficient (Wildman–Crippen LogP) is 3.08. The van der Waals surface area contributed by atoms with Crippen molar-refractivity contribution in [3.05, 3.63) is 23.5 Å². The zero-order valence-corrected chi connectivity index (χ0v) is 13.6. The highest BCUT2D eigenvalue weighted by atomic mass is 16.5. The summed E-state index contributed by atoms with van der Waals surface area (Å²) in [5.41, 5.74) is 2.01. The van der Waals surface area contributed by atoms with Crippen LogP contribution < -0.4 is 10.1 Å². The van der Waals surface area contributed by atoms with Crippen LogP contribution in [0.1, 0.15) is 46.0 Å². The molecule has 0 atom stereocenters. The summed E-state index contributed by atoms with van der Waals surface area (Å²) in [7, 11) is 0. The van der Waals surface area contributed by atoms with Crippen molar-refractivity contribution in [2.24, 2.45) is 0 Å². The Morgan fingerprint density at radius 2 is 1.90 bits per heavy atom. The molecule has 0 aliphatic heterocycles. The molecule has 1 rings (SSSR count). The molecule has 0 saturated heterocycles. The van der Waals surface area contributed by atoms with Gasteiger partial charge in [0.15, 0.2) is 0 Å². The van der Waals surface area contributed by atoms with Crippen LogP contribution in [-0.2, 0) is 11.3 Å². The van der Waals surface area contributed by atoms with E-state index in [2.05, 4.69) is 31.1 Å². The fraction of sp³-hybridized carbons (Fsp3) is 0.688. The molecular weight excluding hydrogens is 252 g/mol. The van der Waals surface area contributed by atoms with E-state index in [1.807, 2.05) is 32.9 Å². The highest BCUT2D eigenvalue weighted by Gasteiger charge is 2.12. The molecule has 0 spiro atoms. The highest BCUT2D eigenvalue weighted by Crippen LogP contribution is 2.17. The predicted molar refractivity (Wildman–Crippen MR) is 82.1 cm³/mol. The Morgan fingerprint density at radius 3 is 2.50 bits per heavy atom. The number of aryl methyl sites for hydroxylation is 1. The number of aromatic nitrogens is 1. The number of nitrogens with zero attached hydrogens (tertiary/aromatic N) is 1. The van der Waals surface area contributed by atoms with Crippen LogP contribution in [0.3, 0.4) is 0 Å². The molecule has 4 nitrogen and oxygen atoms in total. The first kappa shape index (κ1) is 16.9. The van der Waals surface area contributed by atoms with Gasteiger partial charge >= 0.3 is 0 Å². The van der Waals surface area contributed by atoms with Crippen molar-refractivity contribution < 1.29 is 9.47 Å². The summed E-state index contributed by atoms with van der Waals surface area (Å²) >= 11 is 0. The van der Waals surface area contributed by atoms with Gasteiger partial charge in [0.25, 0.3) is 0 Å². The molecule has 0 fully saturated rings. The summed E-state index contributed by atoms with van der Waals surface area (Å²) in [4.78, 5) is 4.56. The Hall–Kier alpha value is -1.13. The number of nitrogens with one attached hydrogen (secondary N) is 1. The topological polar surface area (TPSA) is 43.4 Å². The van der Waals surface area contributed by atoms with Crippen molar-refractivity contribution in [2.75, 3.05) is 13.2 Å². The average Bonchev–Trinajstić information content (AvgIpc) is 2.32. The molecule has 1 heterocycles. The van der Waals surface area contributed by atoms with Crippen molar-refractivity contribution in [2.45, 2.75) is 59.7 Å². The molecule has 0 bridgehead atoms. The summed E-state index contributed by atoms with van der Waals surface area (Å²) in [5, 5.41) is 3.44. The molecule has 20 heavy (non-hydrogen) atoms. The molecule has 0 aromatic carbocycles. The minimum Gasteiger partial charge on any atom is -0.489 e. The summed E-state index contributed by atoms with van der Waals surface area (Å²) < 4.78 is 11.3. The van der Waals surface area contributed by atoms with Gasteiger partial charge < -0.3 is 14.8 Å². The number of ether oxygens (including phenoxy) is 2. The second-order valence-electron chi connectivity index (χ2n) is 6.27. The van der Waals surface area contributed by atoms with Gasteiger partial charge in [-0.05, 0) is 53.7 Å². The molecule has 0 radical (unpaired) electrons. The minimum absolute atomic E-state index is 0.0590. The van der Waals surface area contributed by atoms with E-state index in [1.165, 1.54) is 0 Å². The normalized spacial score (nSPS) is 11.9. The quantitative estimate of drug-likeness (QED) is 0.780. The number of rotatable bonds is 7. The second kappa shape index (κ2) is 7.60. The van der Waals surface area contributed by atoms with Gasteiger partial charge in [0.1, 0.15) is 12.4 Å². The van der Waals surface area contributed by atoms with Gasteiger partial charge in [-0.25, -0.2) is 0 Å². The van der Waals surface area contributed by atoms with Gasteiger partial charge in [-0.3, -0.25) is 4.98 Å². The van der Waals surface area contributed by atoms with E-state index in [4.69, 9.17) is 9.47 Å². The smallest absolute Gasteiger partial charge is 0.142 e. The lowest BCUT2D eigenvalue weighted by atomic mass is 10.1. The van der Waals surface area contributed by atoms with E-state index >= 15 is 0 Å². The van der Waals surface area contributed by atoms with Crippen molar-refractivity contribution in [3.63, 3.8) is 0 Å². The molecule has 4 heteroatoms. The zero-order valence-electron chi connectivity index (χ0n) is 13.6. The Morgan fingerprint density at radius 1 is 1.20 bits per heavy atom. The number of hydrogen-bond acceptors (Lipinski definition) is 4. The number of hydrogen-bond donors (Lipinski definition) is 1. The zero-order chi connectivity index (χ0) is 15.2. The van der Waals surface area contributed by atoms with E-state index in [0.29, 0.717) is 19.8 Å². The molecule has 1 aromatic heterocycles. The standard InChI is InChI=1S/C16H28N2O2/c1-12(2)19-9-10-20-15-8-7-13(3)18-14(15)11-17-16(4,5)6/h7-8,12,17H,9-11H2,1-6H3. The summed E-state index contributed by atoms with van der Waals surface area (Å²) in [6, 6.07) is 3.95. The van der Waals surface area contributed by atoms with Crippen LogP contribution in [0.4, 0.5) is 0 Å². The van der Waals surface area contributed by atoms with E-state index < -0.39 is 0 Å². The summed E-state index contributed by atoms with van der Waals surface area (Å²) in [5.74, 6) is 0.833. The molecule has 0 aliphatic rings. The van der Waals surface area contributed by atoms with Crippen LogP contribution >= 0.6 is 0 Å². The Labute approximate surface area is 122 Å². The first-order valence-corrected chi connectivity index (χ1v) is 7.24. The molecule has 1 N–H and O–H groups in total. The van der Waals surface area contributed by atoms with Gasteiger partial charge in [0.2, 0.25) is 0 Å². The minimum atomic E-state index is 0.0590. The van der Waals surface area contributed by atoms with E-state index in [0.717, 1.165) is 17.1 Å². The highest BCUT2D eigenvalue weighted by molar-refractivity contribution is 5.29. The van der Waals surface area contributed by atoms with Crippen molar-refractivity contribution >= 4 is 0 Å². The molecule has 0 amide bonds. The van der Waals surface area contributed by atoms with Crippen LogP contribution in [-0.4, -0.2) is 29.8 Å². The SMILES string of the molecule is Cc1ccc(OCCOC(C)C)c(CNC(C)(C)C)n1. The van der Waals surface area contributed by atoms with Crippen molar-refractivity contribution in [1.82, 2.24) is 10.3 Å². The van der Waals surface area contributed by atoms with Gasteiger partial charge in [-0.2, -0.15) is 0 Å². The summed E-state index contributed by atoms with van der Waals surface area (Å²) in [6.45, 7) is 14.3. The molecule has 1 aromatic rings. The fourth-order valence-electron chi connectivity index (χ4n) is 1.64. The maximum Gasteiger partial charge on any atom is 0.142 e. The van der Waals surface area contributed by atoms with Crippen molar-refractivity contribution in [3.8, 4) is 5.75 Å². The first-order valence-electron chi connectivity index (χ1n) is 7.24. The third-order valence-electron chi connectivity index (χ3n) is 2.65. The Bertz CT molecular complexity index is 411. The summed E-state index contributed by atoms with van der Waals surface area (Å²) in [6.07, 6.45) is 0.233. The van der Waals surface area contributed by atoms with Gasteiger partial charge in [-0.1, -0.05) is 0 Å². The molecule has 0 unspecified atom stereocenters. The van der Waals surface area contributed by atoms with Gasteiger partial charge in [0.05, 0.1) is 18.4 Å². The Balaban J connectivity index is 2.60. The molecule has 0 aliphatic carbocycles. The van der Waals surface area contributed by atoms with Gasteiger partial charge in [-0.15, -0.1) is 0 Å². The third kappa shape index (κ3) is 6.87. The fourth-order valence-corrected chi connectivity index (χ4v) is 1.64. The third-order valence-corrected chi connectivity index (χ3v) is 2.65. The first-order chi connectivity index (χ1) is 9.28. The molecule has 114 valence electrons. The molecular formula is C16H28N2O2. The lowest BCUT2D eigenvalue weighted by molar-refractivity contribution is 0.0549. The van der Waals surface area contributed by atoms with E-state index in [1.54, 1.807) is 0 Å². The monoisotopic (exact) mass is 280 g/mol. The van der Waals surface area contributed by atoms with Crippen LogP contribution in [0.2, 0.25) is 0 Å². The number of pyridine rings is 1. The largest absolute Gasteiger partial charge is 0.489 e. The van der Waals surface area contributed by atoms with Gasteiger partial charge in [0, 0.05) is 17.8 Å². The van der Waals surface area contributed by atoms with Crippen LogP contribution in [0.5, 0.6) is 5.75 Å². The van der Waals surface area contributed by atoms with Crippen LogP contribution in [0, 0.1) is 6.92 Å². The second-order valence-corrected chi connectivity index (χ2v) is 6.27. The van der Waals surface area contributed by atoms with Crippen molar-refractivity contribution in [1.29, 1.82) is 0 Å². The Kier molecular flexibility index (Phi) is 6.43. The molecule has 0 saturated carbocycles. The lowest BCUT2D eigenvalue weighted by Gasteiger charge is -2.21. The van der Waals surface area contributed by atoms with Crippen LogP contribution in [0.25, 0.3) is 0 Å². The van der Waals surface area contributed by atoms with E-state index in [9.17, 15) is 0 Å².